The van der Waals surface area contributed by atoms with Crippen LogP contribution in [-0.2, 0) is 6.54 Å². The van der Waals surface area contributed by atoms with E-state index in [2.05, 4.69) is 15.4 Å². The fourth-order valence-corrected chi connectivity index (χ4v) is 1.62. The zero-order chi connectivity index (χ0) is 13.0. The number of aromatic carboxylic acids is 1. The van der Waals surface area contributed by atoms with Crippen LogP contribution < -0.4 is 5.32 Å². The molecule has 0 amide bonds. The molecule has 2 rings (SSSR count). The van der Waals surface area contributed by atoms with Gasteiger partial charge in [-0.2, -0.15) is 5.10 Å². The minimum absolute atomic E-state index is 0.229. The molecule has 6 nitrogen and oxygen atoms in total. The van der Waals surface area contributed by atoms with Crippen molar-refractivity contribution in [1.82, 2.24) is 14.8 Å². The molecule has 0 atom stereocenters. The number of aromatic nitrogens is 3. The second kappa shape index (κ2) is 5.31. The van der Waals surface area contributed by atoms with Crippen molar-refractivity contribution >= 4 is 11.8 Å². The Kier molecular flexibility index (Phi) is 3.57. The summed E-state index contributed by atoms with van der Waals surface area (Å²) < 4.78 is 1.81. The Balaban J connectivity index is 1.94. The highest BCUT2D eigenvalue weighted by molar-refractivity contribution is 5.89. The van der Waals surface area contributed by atoms with Crippen LogP contribution in [0, 0.1) is 6.92 Å². The zero-order valence-electron chi connectivity index (χ0n) is 10.00. The number of pyridine rings is 1. The molecule has 0 saturated carbocycles. The van der Waals surface area contributed by atoms with Gasteiger partial charge in [0.05, 0.1) is 17.8 Å². The molecule has 0 aromatic carbocycles. The maximum absolute atomic E-state index is 10.8. The summed E-state index contributed by atoms with van der Waals surface area (Å²) in [5.74, 6) is -0.284. The van der Waals surface area contributed by atoms with E-state index in [0.29, 0.717) is 18.1 Å². The molecule has 2 N–H and O–H groups in total. The second-order valence-corrected chi connectivity index (χ2v) is 3.83. The number of aryl methyl sites for hydroxylation is 1. The molecule has 0 saturated heterocycles. The lowest BCUT2D eigenvalue weighted by atomic mass is 10.2. The number of carboxylic acid groups (broad SMARTS) is 1. The van der Waals surface area contributed by atoms with E-state index < -0.39 is 5.97 Å². The predicted molar refractivity (Wildman–Crippen MR) is 66.7 cm³/mol. The third-order valence-electron chi connectivity index (χ3n) is 2.52. The van der Waals surface area contributed by atoms with E-state index in [1.165, 1.54) is 0 Å². The van der Waals surface area contributed by atoms with Crippen molar-refractivity contribution in [2.45, 2.75) is 13.5 Å². The van der Waals surface area contributed by atoms with E-state index in [4.69, 9.17) is 5.11 Å². The molecule has 0 radical (unpaired) electrons. The monoisotopic (exact) mass is 246 g/mol. The van der Waals surface area contributed by atoms with Crippen LogP contribution >= 0.6 is 0 Å². The molecule has 2 heterocycles. The van der Waals surface area contributed by atoms with Crippen LogP contribution in [-0.4, -0.2) is 32.4 Å². The number of nitrogens with zero attached hydrogens (tertiary/aromatic N) is 3. The predicted octanol–water partition coefficient (Wildman–Crippen LogP) is 1.40. The van der Waals surface area contributed by atoms with Gasteiger partial charge in [-0.05, 0) is 25.1 Å². The van der Waals surface area contributed by atoms with Crippen LogP contribution in [0.3, 0.4) is 0 Å². The summed E-state index contributed by atoms with van der Waals surface area (Å²) in [5, 5.41) is 16.1. The molecule has 2 aromatic heterocycles. The number of rotatable bonds is 5. The Bertz CT molecular complexity index is 537. The largest absolute Gasteiger partial charge is 0.478 e. The molecule has 2 aromatic rings. The van der Waals surface area contributed by atoms with E-state index in [9.17, 15) is 4.79 Å². The third kappa shape index (κ3) is 2.85. The van der Waals surface area contributed by atoms with Crippen molar-refractivity contribution in [2.75, 3.05) is 11.9 Å². The summed E-state index contributed by atoms with van der Waals surface area (Å²) >= 11 is 0. The van der Waals surface area contributed by atoms with Gasteiger partial charge in [0.15, 0.2) is 0 Å². The first-order valence-corrected chi connectivity index (χ1v) is 5.59. The van der Waals surface area contributed by atoms with Crippen LogP contribution in [0.1, 0.15) is 16.1 Å². The first-order valence-electron chi connectivity index (χ1n) is 5.59. The molecule has 94 valence electrons. The van der Waals surface area contributed by atoms with Gasteiger partial charge in [0.1, 0.15) is 5.82 Å². The van der Waals surface area contributed by atoms with Gasteiger partial charge in [-0.25, -0.2) is 9.78 Å². The Hall–Kier alpha value is -2.37. The molecule has 0 fully saturated rings. The smallest absolute Gasteiger partial charge is 0.337 e. The molecule has 0 aliphatic carbocycles. The number of hydrogen-bond acceptors (Lipinski definition) is 4. The summed E-state index contributed by atoms with van der Waals surface area (Å²) in [4.78, 5) is 15.0. The van der Waals surface area contributed by atoms with Gasteiger partial charge < -0.3 is 10.4 Å². The molecule has 0 unspecified atom stereocenters. The van der Waals surface area contributed by atoms with Gasteiger partial charge in [0.25, 0.3) is 0 Å². The van der Waals surface area contributed by atoms with Gasteiger partial charge in [0.2, 0.25) is 0 Å². The topological polar surface area (TPSA) is 80.0 Å². The molecular formula is C12H14N4O2. The van der Waals surface area contributed by atoms with E-state index in [0.717, 1.165) is 6.54 Å². The highest BCUT2D eigenvalue weighted by atomic mass is 16.4. The molecule has 0 aliphatic heterocycles. The SMILES string of the molecule is Cc1nc(NCCn2cccn2)ccc1C(=O)O. The maximum atomic E-state index is 10.8. The van der Waals surface area contributed by atoms with Gasteiger partial charge in [-0.1, -0.05) is 0 Å². The average molecular weight is 246 g/mol. The van der Waals surface area contributed by atoms with Crippen LogP contribution in [0.2, 0.25) is 0 Å². The van der Waals surface area contributed by atoms with E-state index >= 15 is 0 Å². The third-order valence-corrected chi connectivity index (χ3v) is 2.52. The highest BCUT2D eigenvalue weighted by Gasteiger charge is 2.08. The molecule has 6 heteroatoms. The highest BCUT2D eigenvalue weighted by Crippen LogP contribution is 2.10. The lowest BCUT2D eigenvalue weighted by Gasteiger charge is -2.07. The number of nitrogens with one attached hydrogen (secondary N) is 1. The van der Waals surface area contributed by atoms with Crippen molar-refractivity contribution in [3.8, 4) is 0 Å². The Morgan fingerprint density at radius 2 is 2.33 bits per heavy atom. The number of hydrogen-bond donors (Lipinski definition) is 2. The van der Waals surface area contributed by atoms with Gasteiger partial charge in [-0.3, -0.25) is 4.68 Å². The van der Waals surface area contributed by atoms with E-state index in [1.54, 1.807) is 25.3 Å². The molecule has 0 spiro atoms. The van der Waals surface area contributed by atoms with Crippen molar-refractivity contribution < 1.29 is 9.90 Å². The van der Waals surface area contributed by atoms with Crippen molar-refractivity contribution in [3.63, 3.8) is 0 Å². The molecule has 0 bridgehead atoms. The number of anilines is 1. The first-order chi connectivity index (χ1) is 8.66. The van der Waals surface area contributed by atoms with Crippen LogP contribution in [0.5, 0.6) is 0 Å². The Morgan fingerprint density at radius 1 is 1.50 bits per heavy atom. The minimum atomic E-state index is -0.955. The quantitative estimate of drug-likeness (QED) is 0.833. The van der Waals surface area contributed by atoms with Crippen LogP contribution in [0.4, 0.5) is 5.82 Å². The summed E-state index contributed by atoms with van der Waals surface area (Å²) in [7, 11) is 0. The minimum Gasteiger partial charge on any atom is -0.478 e. The standard InChI is InChI=1S/C12H14N4O2/c1-9-10(12(17)18)3-4-11(15-9)13-6-8-16-7-2-5-14-16/h2-5,7H,6,8H2,1H3,(H,13,15)(H,17,18). The number of carbonyl (C=O) groups is 1. The molecule has 0 aliphatic rings. The number of carboxylic acids is 1. The van der Waals surface area contributed by atoms with Crippen LogP contribution in [0.15, 0.2) is 30.6 Å². The Morgan fingerprint density at radius 3 is 2.94 bits per heavy atom. The van der Waals surface area contributed by atoms with Crippen molar-refractivity contribution in [1.29, 1.82) is 0 Å². The second-order valence-electron chi connectivity index (χ2n) is 3.83. The van der Waals surface area contributed by atoms with Crippen molar-refractivity contribution in [2.24, 2.45) is 0 Å². The van der Waals surface area contributed by atoms with Crippen LogP contribution in [0.25, 0.3) is 0 Å². The average Bonchev–Trinajstić information content (AvgIpc) is 2.81. The summed E-state index contributed by atoms with van der Waals surface area (Å²) in [6.45, 7) is 3.09. The van der Waals surface area contributed by atoms with E-state index in [-0.39, 0.29) is 5.56 Å². The maximum Gasteiger partial charge on any atom is 0.337 e. The Labute approximate surface area is 104 Å². The normalized spacial score (nSPS) is 10.3. The van der Waals surface area contributed by atoms with Gasteiger partial charge in [-0.15, -0.1) is 0 Å². The fourth-order valence-electron chi connectivity index (χ4n) is 1.62. The van der Waals surface area contributed by atoms with Crippen molar-refractivity contribution in [3.05, 3.63) is 41.9 Å². The van der Waals surface area contributed by atoms with Gasteiger partial charge in [0, 0.05) is 18.9 Å². The summed E-state index contributed by atoms with van der Waals surface area (Å²) in [6, 6.07) is 5.09. The van der Waals surface area contributed by atoms with E-state index in [1.807, 2.05) is 16.9 Å². The lowest BCUT2D eigenvalue weighted by molar-refractivity contribution is 0.0695. The summed E-state index contributed by atoms with van der Waals surface area (Å²) in [5.41, 5.74) is 0.735. The molecular weight excluding hydrogens is 232 g/mol. The lowest BCUT2D eigenvalue weighted by Crippen LogP contribution is -2.12. The zero-order valence-corrected chi connectivity index (χ0v) is 10.00. The fraction of sp³-hybridized carbons (Fsp3) is 0.250. The summed E-state index contributed by atoms with van der Waals surface area (Å²) in [6.07, 6.45) is 3.61. The van der Waals surface area contributed by atoms with Gasteiger partial charge >= 0.3 is 5.97 Å². The first kappa shape index (κ1) is 12.1. The molecule has 18 heavy (non-hydrogen) atoms.